The van der Waals surface area contributed by atoms with Crippen molar-refractivity contribution in [3.05, 3.63) is 23.4 Å². The van der Waals surface area contributed by atoms with E-state index in [1.54, 1.807) is 0 Å². The lowest BCUT2D eigenvalue weighted by Crippen LogP contribution is -2.12. The second-order valence-electron chi connectivity index (χ2n) is 3.82. The number of aromatic nitrogens is 1. The Morgan fingerprint density at radius 1 is 1.38 bits per heavy atom. The van der Waals surface area contributed by atoms with Gasteiger partial charge in [-0.15, -0.1) is 0 Å². The monoisotopic (exact) mass is 243 g/mol. The number of pyridine rings is 1. The molecule has 0 atom stereocenters. The highest BCUT2D eigenvalue weighted by Gasteiger charge is 2.21. The van der Waals surface area contributed by atoms with Gasteiger partial charge in [0.25, 0.3) is 0 Å². The standard InChI is InChI=1S/C10H13NO4S/c1-6(2)8-5-4-7(10(12)13)9(11-8)16(3,14)15/h4-6H,1-3H3,(H,12,13). The lowest BCUT2D eigenvalue weighted by molar-refractivity contribution is 0.0691. The fraction of sp³-hybridized carbons (Fsp3) is 0.400. The summed E-state index contributed by atoms with van der Waals surface area (Å²) in [6.07, 6.45) is 0.950. The van der Waals surface area contributed by atoms with E-state index in [9.17, 15) is 13.2 Å². The number of hydrogen-bond donors (Lipinski definition) is 1. The number of hydrogen-bond acceptors (Lipinski definition) is 4. The van der Waals surface area contributed by atoms with Crippen LogP contribution in [0.2, 0.25) is 0 Å². The quantitative estimate of drug-likeness (QED) is 0.865. The molecule has 1 aromatic heterocycles. The first kappa shape index (κ1) is 12.6. The molecule has 0 amide bonds. The Balaban J connectivity index is 3.51. The van der Waals surface area contributed by atoms with Crippen LogP contribution < -0.4 is 0 Å². The molecular weight excluding hydrogens is 230 g/mol. The molecule has 1 rings (SSSR count). The number of carboxylic acids is 1. The van der Waals surface area contributed by atoms with Crippen molar-refractivity contribution in [1.82, 2.24) is 4.98 Å². The van der Waals surface area contributed by atoms with Crippen LogP contribution in [-0.2, 0) is 9.84 Å². The number of nitrogens with zero attached hydrogens (tertiary/aromatic N) is 1. The predicted molar refractivity (Wildman–Crippen MR) is 58.4 cm³/mol. The van der Waals surface area contributed by atoms with Crippen LogP contribution >= 0.6 is 0 Å². The van der Waals surface area contributed by atoms with Gasteiger partial charge < -0.3 is 5.11 Å². The fourth-order valence-electron chi connectivity index (χ4n) is 1.22. The molecule has 88 valence electrons. The molecule has 6 heteroatoms. The van der Waals surface area contributed by atoms with Gasteiger partial charge in [-0.2, -0.15) is 0 Å². The number of sulfone groups is 1. The largest absolute Gasteiger partial charge is 0.478 e. The molecule has 1 heterocycles. The summed E-state index contributed by atoms with van der Waals surface area (Å²) in [5.74, 6) is -1.24. The van der Waals surface area contributed by atoms with Crippen LogP contribution in [0, 0.1) is 0 Å². The SMILES string of the molecule is CC(C)c1ccc(C(=O)O)c(S(C)(=O)=O)n1. The molecule has 1 N–H and O–H groups in total. The van der Waals surface area contributed by atoms with Gasteiger partial charge in [0, 0.05) is 11.9 Å². The molecule has 0 aliphatic carbocycles. The van der Waals surface area contributed by atoms with Crippen LogP contribution in [0.25, 0.3) is 0 Å². The van der Waals surface area contributed by atoms with Gasteiger partial charge in [-0.25, -0.2) is 18.2 Å². The summed E-state index contributed by atoms with van der Waals surface area (Å²) in [4.78, 5) is 14.7. The molecular formula is C10H13NO4S. The van der Waals surface area contributed by atoms with E-state index < -0.39 is 15.8 Å². The normalized spacial score (nSPS) is 11.8. The third-order valence-corrected chi connectivity index (χ3v) is 3.07. The molecule has 0 spiro atoms. The molecule has 0 saturated heterocycles. The average molecular weight is 243 g/mol. The first-order chi connectivity index (χ1) is 7.23. The molecule has 0 aliphatic heterocycles. The molecule has 0 bridgehead atoms. The third-order valence-electron chi connectivity index (χ3n) is 2.05. The summed E-state index contributed by atoms with van der Waals surface area (Å²) in [5, 5.41) is 8.48. The molecule has 0 unspecified atom stereocenters. The van der Waals surface area contributed by atoms with Gasteiger partial charge in [0.1, 0.15) is 0 Å². The number of rotatable bonds is 3. The number of carbonyl (C=O) groups is 1. The van der Waals surface area contributed by atoms with Crippen molar-refractivity contribution >= 4 is 15.8 Å². The Morgan fingerprint density at radius 2 is 1.94 bits per heavy atom. The zero-order valence-electron chi connectivity index (χ0n) is 9.26. The molecule has 5 nitrogen and oxygen atoms in total. The Bertz CT molecular complexity index is 520. The minimum Gasteiger partial charge on any atom is -0.478 e. The van der Waals surface area contributed by atoms with Crippen LogP contribution in [0.3, 0.4) is 0 Å². The third kappa shape index (κ3) is 2.57. The zero-order valence-corrected chi connectivity index (χ0v) is 10.1. The highest BCUT2D eigenvalue weighted by molar-refractivity contribution is 7.90. The van der Waals surface area contributed by atoms with Gasteiger partial charge in [0.2, 0.25) is 0 Å². The van der Waals surface area contributed by atoms with Crippen molar-refractivity contribution in [3.63, 3.8) is 0 Å². The van der Waals surface area contributed by atoms with Crippen LogP contribution in [-0.4, -0.2) is 30.7 Å². The van der Waals surface area contributed by atoms with E-state index in [1.165, 1.54) is 12.1 Å². The van der Waals surface area contributed by atoms with Crippen LogP contribution in [0.15, 0.2) is 17.2 Å². The fourth-order valence-corrected chi connectivity index (χ4v) is 2.05. The first-order valence-electron chi connectivity index (χ1n) is 4.67. The van der Waals surface area contributed by atoms with Crippen LogP contribution in [0.1, 0.15) is 35.8 Å². The van der Waals surface area contributed by atoms with Crippen molar-refractivity contribution in [1.29, 1.82) is 0 Å². The van der Waals surface area contributed by atoms with Crippen molar-refractivity contribution < 1.29 is 18.3 Å². The lowest BCUT2D eigenvalue weighted by Gasteiger charge is -2.08. The van der Waals surface area contributed by atoms with E-state index in [1.807, 2.05) is 13.8 Å². The van der Waals surface area contributed by atoms with Crippen LogP contribution in [0.4, 0.5) is 0 Å². The summed E-state index contributed by atoms with van der Waals surface area (Å²) >= 11 is 0. The van der Waals surface area contributed by atoms with E-state index in [0.29, 0.717) is 5.69 Å². The van der Waals surface area contributed by atoms with Crippen molar-refractivity contribution in [2.75, 3.05) is 6.26 Å². The van der Waals surface area contributed by atoms with Crippen molar-refractivity contribution in [2.24, 2.45) is 0 Å². The summed E-state index contributed by atoms with van der Waals surface area (Å²) in [6.45, 7) is 3.71. The molecule has 0 aromatic carbocycles. The van der Waals surface area contributed by atoms with Crippen LogP contribution in [0.5, 0.6) is 0 Å². The summed E-state index contributed by atoms with van der Waals surface area (Å²) in [7, 11) is -3.63. The first-order valence-corrected chi connectivity index (χ1v) is 6.57. The lowest BCUT2D eigenvalue weighted by atomic mass is 10.1. The highest BCUT2D eigenvalue weighted by atomic mass is 32.2. The second-order valence-corrected chi connectivity index (χ2v) is 5.75. The van der Waals surface area contributed by atoms with Crippen molar-refractivity contribution in [2.45, 2.75) is 24.8 Å². The molecule has 0 saturated carbocycles. The van der Waals surface area contributed by atoms with Gasteiger partial charge in [-0.05, 0) is 18.1 Å². The van der Waals surface area contributed by atoms with Gasteiger partial charge in [-0.1, -0.05) is 13.8 Å². The Labute approximate surface area is 94.1 Å². The number of carboxylic acid groups (broad SMARTS) is 1. The zero-order chi connectivity index (χ0) is 12.5. The van der Waals surface area contributed by atoms with E-state index in [2.05, 4.69) is 4.98 Å². The summed E-state index contributed by atoms with van der Waals surface area (Å²) < 4.78 is 22.8. The maximum absolute atomic E-state index is 11.4. The van der Waals surface area contributed by atoms with Gasteiger partial charge >= 0.3 is 5.97 Å². The van der Waals surface area contributed by atoms with Gasteiger partial charge in [-0.3, -0.25) is 0 Å². The average Bonchev–Trinajstić information content (AvgIpc) is 2.15. The Morgan fingerprint density at radius 3 is 2.31 bits per heavy atom. The van der Waals surface area contributed by atoms with Gasteiger partial charge in [0.05, 0.1) is 5.56 Å². The van der Waals surface area contributed by atoms with E-state index >= 15 is 0 Å². The minimum atomic E-state index is -3.63. The highest BCUT2D eigenvalue weighted by Crippen LogP contribution is 2.18. The predicted octanol–water partition coefficient (Wildman–Crippen LogP) is 1.31. The molecule has 0 radical (unpaired) electrons. The smallest absolute Gasteiger partial charge is 0.338 e. The maximum Gasteiger partial charge on any atom is 0.338 e. The molecule has 16 heavy (non-hydrogen) atoms. The van der Waals surface area contributed by atoms with E-state index in [0.717, 1.165) is 6.26 Å². The summed E-state index contributed by atoms with van der Waals surface area (Å²) in [5.41, 5.74) is 0.275. The van der Waals surface area contributed by atoms with Gasteiger partial charge in [0.15, 0.2) is 14.9 Å². The van der Waals surface area contributed by atoms with Crippen molar-refractivity contribution in [3.8, 4) is 0 Å². The second kappa shape index (κ2) is 4.21. The summed E-state index contributed by atoms with van der Waals surface area (Å²) in [6, 6.07) is 2.81. The number of aromatic carboxylic acids is 1. The van der Waals surface area contributed by atoms with E-state index in [4.69, 9.17) is 5.11 Å². The Hall–Kier alpha value is -1.43. The topological polar surface area (TPSA) is 84.3 Å². The molecule has 0 fully saturated rings. The Kier molecular flexibility index (Phi) is 3.32. The molecule has 1 aromatic rings. The maximum atomic E-state index is 11.4. The molecule has 0 aliphatic rings. The van der Waals surface area contributed by atoms with E-state index in [-0.39, 0.29) is 16.5 Å². The minimum absolute atomic E-state index is 0.0448.